The lowest BCUT2D eigenvalue weighted by Gasteiger charge is -2.31. The smallest absolute Gasteiger partial charge is 0.251 e. The first-order valence-electron chi connectivity index (χ1n) is 12.4. The van der Waals surface area contributed by atoms with Crippen molar-refractivity contribution >= 4 is 21.8 Å². The van der Waals surface area contributed by atoms with E-state index in [1.165, 1.54) is 35.5 Å². The van der Waals surface area contributed by atoms with E-state index < -0.39 is 40.1 Å². The molecule has 1 aliphatic rings. The van der Waals surface area contributed by atoms with E-state index in [2.05, 4.69) is 10.6 Å². The van der Waals surface area contributed by atoms with Crippen LogP contribution in [0.25, 0.3) is 0 Å². The molecule has 1 aromatic rings. The van der Waals surface area contributed by atoms with Gasteiger partial charge in [0.05, 0.1) is 23.0 Å². The number of carbonyl (C=O) groups excluding carboxylic acids is 2. The van der Waals surface area contributed by atoms with Crippen LogP contribution < -0.4 is 10.6 Å². The second-order valence-electron chi connectivity index (χ2n) is 10.3. The van der Waals surface area contributed by atoms with Crippen molar-refractivity contribution in [1.82, 2.24) is 14.9 Å². The van der Waals surface area contributed by atoms with Crippen LogP contribution in [0.5, 0.6) is 0 Å². The second kappa shape index (κ2) is 12.8. The topological polar surface area (TPSA) is 136 Å². The van der Waals surface area contributed by atoms with Gasteiger partial charge in [0.2, 0.25) is 15.9 Å². The maximum Gasteiger partial charge on any atom is 0.251 e. The summed E-state index contributed by atoms with van der Waals surface area (Å²) in [7, 11) is -3.58. The van der Waals surface area contributed by atoms with Crippen molar-refractivity contribution in [2.24, 2.45) is 17.8 Å². The van der Waals surface area contributed by atoms with Gasteiger partial charge in [-0.25, -0.2) is 8.42 Å². The molecule has 35 heavy (non-hydrogen) atoms. The Morgan fingerprint density at radius 1 is 0.943 bits per heavy atom. The standard InChI is InChI=1S/C25H41N3O6S/c1-16(2)14-21(23(30)22(29)18(5)24(31)26-15-17(3)4)27-25(32)19-8-10-20(11-9-19)35(33,34)28-12-6-7-13-28/h8-11,16-18,21-23,29-30H,6-7,12-15H2,1-5H3,(H,26,31)(H,27,32)/t18-,21+,22-,23-/m1/s1. The normalized spacial score (nSPS) is 18.3. The second-order valence-corrected chi connectivity index (χ2v) is 12.2. The van der Waals surface area contributed by atoms with E-state index in [0.29, 0.717) is 26.1 Å². The van der Waals surface area contributed by atoms with Crippen LogP contribution in [0.15, 0.2) is 29.2 Å². The molecule has 2 amide bonds. The Hall–Kier alpha value is -2.01. The van der Waals surface area contributed by atoms with Gasteiger partial charge in [0.1, 0.15) is 6.10 Å². The maximum absolute atomic E-state index is 12.9. The highest BCUT2D eigenvalue weighted by molar-refractivity contribution is 7.89. The molecular weight excluding hydrogens is 470 g/mol. The zero-order valence-corrected chi connectivity index (χ0v) is 22.2. The van der Waals surface area contributed by atoms with Gasteiger partial charge in [0.25, 0.3) is 5.91 Å². The molecule has 198 valence electrons. The van der Waals surface area contributed by atoms with Gasteiger partial charge in [-0.1, -0.05) is 34.6 Å². The number of hydrogen-bond donors (Lipinski definition) is 4. The largest absolute Gasteiger partial charge is 0.390 e. The van der Waals surface area contributed by atoms with Gasteiger partial charge in [-0.2, -0.15) is 4.31 Å². The van der Waals surface area contributed by atoms with Crippen molar-refractivity contribution < 1.29 is 28.2 Å². The van der Waals surface area contributed by atoms with E-state index in [4.69, 9.17) is 0 Å². The number of sulfonamides is 1. The molecule has 1 fully saturated rings. The number of rotatable bonds is 12. The van der Waals surface area contributed by atoms with E-state index in [-0.39, 0.29) is 28.2 Å². The molecule has 0 radical (unpaired) electrons. The molecule has 4 N–H and O–H groups in total. The molecule has 4 atom stereocenters. The average Bonchev–Trinajstić information content (AvgIpc) is 3.36. The highest BCUT2D eigenvalue weighted by Crippen LogP contribution is 2.22. The molecule has 0 unspecified atom stereocenters. The SMILES string of the molecule is CC(C)CNC(=O)[C@H](C)[C@@H](O)[C@H](O)[C@H](CC(C)C)NC(=O)c1ccc(S(=O)(=O)N2CCCC2)cc1. The molecule has 0 aromatic heterocycles. The van der Waals surface area contributed by atoms with Gasteiger partial charge >= 0.3 is 0 Å². The third-order valence-corrected chi connectivity index (χ3v) is 8.15. The minimum absolute atomic E-state index is 0.0974. The lowest BCUT2D eigenvalue weighted by Crippen LogP contribution is -2.53. The number of benzene rings is 1. The number of amides is 2. The number of hydrogen-bond acceptors (Lipinski definition) is 6. The molecule has 1 aliphatic heterocycles. The zero-order valence-electron chi connectivity index (χ0n) is 21.4. The minimum Gasteiger partial charge on any atom is -0.390 e. The fourth-order valence-electron chi connectivity index (χ4n) is 4.05. The Morgan fingerprint density at radius 3 is 2.03 bits per heavy atom. The van der Waals surface area contributed by atoms with Crippen molar-refractivity contribution in [1.29, 1.82) is 0 Å². The van der Waals surface area contributed by atoms with Crippen LogP contribution in [-0.4, -0.2) is 72.6 Å². The molecule has 1 heterocycles. The van der Waals surface area contributed by atoms with E-state index >= 15 is 0 Å². The van der Waals surface area contributed by atoms with Crippen molar-refractivity contribution in [2.45, 2.75) is 77.0 Å². The third-order valence-electron chi connectivity index (χ3n) is 6.23. The summed E-state index contributed by atoms with van der Waals surface area (Å²) in [6, 6.07) is 4.90. The zero-order chi connectivity index (χ0) is 26.3. The Morgan fingerprint density at radius 2 is 1.51 bits per heavy atom. The number of nitrogens with zero attached hydrogens (tertiary/aromatic N) is 1. The Balaban J connectivity index is 2.10. The summed E-state index contributed by atoms with van der Waals surface area (Å²) >= 11 is 0. The number of aliphatic hydroxyl groups is 2. The van der Waals surface area contributed by atoms with Crippen LogP contribution in [0.3, 0.4) is 0 Å². The van der Waals surface area contributed by atoms with Gasteiger partial charge in [-0.3, -0.25) is 9.59 Å². The minimum atomic E-state index is -3.58. The summed E-state index contributed by atoms with van der Waals surface area (Å²) < 4.78 is 26.9. The molecule has 0 bridgehead atoms. The summed E-state index contributed by atoms with van der Waals surface area (Å²) in [6.07, 6.45) is -0.687. The monoisotopic (exact) mass is 511 g/mol. The maximum atomic E-state index is 12.9. The molecular formula is C25H41N3O6S. The fraction of sp³-hybridized carbons (Fsp3) is 0.680. The highest BCUT2D eigenvalue weighted by atomic mass is 32.2. The van der Waals surface area contributed by atoms with Crippen LogP contribution in [-0.2, 0) is 14.8 Å². The summed E-state index contributed by atoms with van der Waals surface area (Å²) in [5.41, 5.74) is 0.239. The predicted molar refractivity (Wildman–Crippen MR) is 134 cm³/mol. The van der Waals surface area contributed by atoms with Crippen LogP contribution in [0, 0.1) is 17.8 Å². The van der Waals surface area contributed by atoms with Gasteiger partial charge in [-0.15, -0.1) is 0 Å². The molecule has 0 spiro atoms. The van der Waals surface area contributed by atoms with Crippen LogP contribution in [0.4, 0.5) is 0 Å². The highest BCUT2D eigenvalue weighted by Gasteiger charge is 2.35. The Labute approximate surface area is 209 Å². The number of carbonyl (C=O) groups is 2. The lowest BCUT2D eigenvalue weighted by atomic mass is 9.89. The van der Waals surface area contributed by atoms with E-state index in [1.54, 1.807) is 0 Å². The fourth-order valence-corrected chi connectivity index (χ4v) is 5.57. The van der Waals surface area contributed by atoms with Crippen LogP contribution >= 0.6 is 0 Å². The first-order valence-corrected chi connectivity index (χ1v) is 13.8. The van der Waals surface area contributed by atoms with Crippen molar-refractivity contribution in [3.05, 3.63) is 29.8 Å². The molecule has 0 saturated carbocycles. The third kappa shape index (κ3) is 7.99. The number of nitrogens with one attached hydrogen (secondary N) is 2. The van der Waals surface area contributed by atoms with E-state index in [0.717, 1.165) is 12.8 Å². The molecule has 1 aromatic carbocycles. The van der Waals surface area contributed by atoms with Crippen molar-refractivity contribution in [3.63, 3.8) is 0 Å². The molecule has 10 heteroatoms. The summed E-state index contributed by atoms with van der Waals surface area (Å²) in [6.45, 7) is 10.8. The summed E-state index contributed by atoms with van der Waals surface area (Å²) in [5, 5.41) is 27.1. The molecule has 0 aliphatic carbocycles. The molecule has 2 rings (SSSR count). The molecule has 1 saturated heterocycles. The first-order chi connectivity index (χ1) is 16.3. The number of aliphatic hydroxyl groups excluding tert-OH is 2. The van der Waals surface area contributed by atoms with Gasteiger partial charge in [0.15, 0.2) is 0 Å². The van der Waals surface area contributed by atoms with Crippen LogP contribution in [0.1, 0.15) is 64.2 Å². The van der Waals surface area contributed by atoms with Crippen molar-refractivity contribution in [2.75, 3.05) is 19.6 Å². The first kappa shape index (κ1) is 29.2. The lowest BCUT2D eigenvalue weighted by molar-refractivity contribution is -0.132. The van der Waals surface area contributed by atoms with E-state index in [9.17, 15) is 28.2 Å². The molecule has 9 nitrogen and oxygen atoms in total. The van der Waals surface area contributed by atoms with Gasteiger partial charge in [-0.05, 0) is 55.4 Å². The van der Waals surface area contributed by atoms with Gasteiger partial charge in [0, 0.05) is 25.2 Å². The van der Waals surface area contributed by atoms with Gasteiger partial charge < -0.3 is 20.8 Å². The summed E-state index contributed by atoms with van der Waals surface area (Å²) in [4.78, 5) is 25.4. The summed E-state index contributed by atoms with van der Waals surface area (Å²) in [5.74, 6) is -1.39. The predicted octanol–water partition coefficient (Wildman–Crippen LogP) is 1.75. The average molecular weight is 512 g/mol. The quantitative estimate of drug-likeness (QED) is 0.338. The van der Waals surface area contributed by atoms with E-state index in [1.807, 2.05) is 27.7 Å². The Kier molecular flexibility index (Phi) is 10.7. The Bertz CT molecular complexity index is 942. The van der Waals surface area contributed by atoms with Crippen molar-refractivity contribution in [3.8, 4) is 0 Å². The van der Waals surface area contributed by atoms with Crippen LogP contribution in [0.2, 0.25) is 0 Å².